The Labute approximate surface area is 237 Å². The molecule has 2 unspecified atom stereocenters. The number of amides is 2. The third-order valence-electron chi connectivity index (χ3n) is 8.90. The second-order valence-corrected chi connectivity index (χ2v) is 15.5. The fraction of sp³-hybridized carbons (Fsp3) is 0.645. The van der Waals surface area contributed by atoms with E-state index < -0.39 is 44.9 Å². The van der Waals surface area contributed by atoms with Crippen molar-refractivity contribution >= 4 is 29.5 Å². The molecule has 6 atom stereocenters. The van der Waals surface area contributed by atoms with Crippen LogP contribution in [0.1, 0.15) is 66.4 Å². The second-order valence-electron chi connectivity index (χ2n) is 13.6. The Kier molecular flexibility index (Phi) is 7.80. The number of carboxylic acid groups (broad SMARTS) is 1. The normalized spacial score (nSPS) is 30.8. The maximum absolute atomic E-state index is 14.8. The molecule has 0 aromatic heterocycles. The summed E-state index contributed by atoms with van der Waals surface area (Å²) in [5.41, 5.74) is 0.344. The SMILES string of the molecule is C=CCN(C(=O)C1N([C@@H](CO)Cc2ccccc2)C(=O)[C@@H]2[C@H](C(=O)O)[C@]3(C)CCC12S3)C(C)(C)CC(C)(C)C. The van der Waals surface area contributed by atoms with Crippen LogP contribution in [0.2, 0.25) is 0 Å². The van der Waals surface area contributed by atoms with Crippen molar-refractivity contribution in [2.75, 3.05) is 13.2 Å². The van der Waals surface area contributed by atoms with Crippen LogP contribution in [0.25, 0.3) is 0 Å². The van der Waals surface area contributed by atoms with E-state index in [1.807, 2.05) is 56.0 Å². The summed E-state index contributed by atoms with van der Waals surface area (Å²) in [7, 11) is 0. The number of carbonyl (C=O) groups is 3. The van der Waals surface area contributed by atoms with Gasteiger partial charge in [0.25, 0.3) is 0 Å². The third kappa shape index (κ3) is 5.03. The highest BCUT2D eigenvalue weighted by atomic mass is 32.2. The summed E-state index contributed by atoms with van der Waals surface area (Å²) in [6.07, 6.45) is 4.04. The minimum absolute atomic E-state index is 0.0570. The number of benzene rings is 1. The summed E-state index contributed by atoms with van der Waals surface area (Å²) < 4.78 is -1.47. The maximum atomic E-state index is 14.8. The van der Waals surface area contributed by atoms with Crippen molar-refractivity contribution < 1.29 is 24.6 Å². The van der Waals surface area contributed by atoms with Crippen molar-refractivity contribution in [2.24, 2.45) is 17.3 Å². The lowest BCUT2D eigenvalue weighted by Gasteiger charge is -2.46. The van der Waals surface area contributed by atoms with Gasteiger partial charge in [-0.15, -0.1) is 18.3 Å². The first kappa shape index (κ1) is 29.7. The van der Waals surface area contributed by atoms with E-state index in [1.54, 1.807) is 11.0 Å². The number of hydrogen-bond donors (Lipinski definition) is 2. The first-order chi connectivity index (χ1) is 18.1. The van der Waals surface area contributed by atoms with Gasteiger partial charge in [-0.05, 0) is 57.4 Å². The van der Waals surface area contributed by atoms with Gasteiger partial charge in [-0.2, -0.15) is 0 Å². The molecule has 0 saturated carbocycles. The fourth-order valence-electron chi connectivity index (χ4n) is 7.85. The predicted molar refractivity (Wildman–Crippen MR) is 154 cm³/mol. The number of carbonyl (C=O) groups excluding carboxylic acids is 2. The Hall–Kier alpha value is -2.32. The van der Waals surface area contributed by atoms with Gasteiger partial charge in [-0.3, -0.25) is 14.4 Å². The maximum Gasteiger partial charge on any atom is 0.308 e. The van der Waals surface area contributed by atoms with Crippen LogP contribution in [0.4, 0.5) is 0 Å². The van der Waals surface area contributed by atoms with E-state index in [2.05, 4.69) is 27.4 Å². The van der Waals surface area contributed by atoms with E-state index in [-0.39, 0.29) is 23.8 Å². The van der Waals surface area contributed by atoms with Crippen LogP contribution in [0.15, 0.2) is 43.0 Å². The number of aliphatic hydroxyl groups excluding tert-OH is 1. The van der Waals surface area contributed by atoms with E-state index in [0.717, 1.165) is 12.0 Å². The quantitative estimate of drug-likeness (QED) is 0.415. The molecule has 2 amide bonds. The van der Waals surface area contributed by atoms with Crippen molar-refractivity contribution in [1.82, 2.24) is 9.80 Å². The summed E-state index contributed by atoms with van der Waals surface area (Å²) in [5, 5.41) is 20.9. The first-order valence-electron chi connectivity index (χ1n) is 13.9. The predicted octanol–water partition coefficient (Wildman–Crippen LogP) is 4.39. The Bertz CT molecular complexity index is 1130. The number of thioether (sulfide) groups is 1. The number of aliphatic carboxylic acids is 1. The number of hydrogen-bond acceptors (Lipinski definition) is 5. The highest BCUT2D eigenvalue weighted by Gasteiger charge is 2.78. The monoisotopic (exact) mass is 556 g/mol. The van der Waals surface area contributed by atoms with E-state index in [0.29, 0.717) is 25.8 Å². The Morgan fingerprint density at radius 2 is 1.85 bits per heavy atom. The zero-order valence-electron chi connectivity index (χ0n) is 24.1. The van der Waals surface area contributed by atoms with Gasteiger partial charge < -0.3 is 20.0 Å². The van der Waals surface area contributed by atoms with Crippen molar-refractivity contribution in [3.05, 3.63) is 48.6 Å². The zero-order chi connectivity index (χ0) is 29.0. The zero-order valence-corrected chi connectivity index (χ0v) is 25.0. The minimum Gasteiger partial charge on any atom is -0.481 e. The van der Waals surface area contributed by atoms with Crippen molar-refractivity contribution in [1.29, 1.82) is 0 Å². The Balaban J connectivity index is 1.84. The van der Waals surface area contributed by atoms with Crippen molar-refractivity contribution in [2.45, 2.75) is 94.3 Å². The highest BCUT2D eigenvalue weighted by Crippen LogP contribution is 2.71. The van der Waals surface area contributed by atoms with Gasteiger partial charge in [0.15, 0.2) is 0 Å². The average Bonchev–Trinajstić information content (AvgIpc) is 3.40. The molecule has 3 heterocycles. The summed E-state index contributed by atoms with van der Waals surface area (Å²) in [4.78, 5) is 45.2. The molecular formula is C31H44N2O5S. The molecule has 0 aliphatic carbocycles. The van der Waals surface area contributed by atoms with E-state index in [1.165, 1.54) is 11.8 Å². The van der Waals surface area contributed by atoms with Crippen LogP contribution in [0.5, 0.6) is 0 Å². The minimum atomic E-state index is -0.988. The van der Waals surface area contributed by atoms with E-state index in [9.17, 15) is 24.6 Å². The number of aliphatic hydroxyl groups is 1. The fourth-order valence-corrected chi connectivity index (χ4v) is 10.2. The van der Waals surface area contributed by atoms with Gasteiger partial charge in [0.1, 0.15) is 6.04 Å². The Morgan fingerprint density at radius 3 is 2.38 bits per heavy atom. The van der Waals surface area contributed by atoms with Crippen LogP contribution in [0.3, 0.4) is 0 Å². The van der Waals surface area contributed by atoms with Gasteiger partial charge in [0, 0.05) is 16.8 Å². The van der Waals surface area contributed by atoms with E-state index >= 15 is 0 Å². The number of fused-ring (bicyclic) bond motifs is 1. The smallest absolute Gasteiger partial charge is 0.308 e. The topological polar surface area (TPSA) is 98.2 Å². The van der Waals surface area contributed by atoms with Crippen molar-refractivity contribution in [3.63, 3.8) is 0 Å². The molecule has 2 bridgehead atoms. The summed E-state index contributed by atoms with van der Waals surface area (Å²) in [5.74, 6) is -3.19. The molecule has 3 fully saturated rings. The Morgan fingerprint density at radius 1 is 1.21 bits per heavy atom. The largest absolute Gasteiger partial charge is 0.481 e. The van der Waals surface area contributed by atoms with Crippen LogP contribution in [0, 0.1) is 17.3 Å². The average molecular weight is 557 g/mol. The molecule has 3 aliphatic rings. The molecule has 1 aromatic carbocycles. The summed E-state index contributed by atoms with van der Waals surface area (Å²) in [6.45, 7) is 16.4. The molecule has 3 aliphatic heterocycles. The number of nitrogens with zero attached hydrogens (tertiary/aromatic N) is 2. The summed E-state index contributed by atoms with van der Waals surface area (Å²) >= 11 is 1.53. The van der Waals surface area contributed by atoms with Crippen molar-refractivity contribution in [3.8, 4) is 0 Å². The van der Waals surface area contributed by atoms with Crippen LogP contribution >= 0.6 is 11.8 Å². The number of likely N-dealkylation sites (tertiary alicyclic amines) is 1. The standard InChI is InChI=1S/C31H44N2O5S/c1-8-16-32(29(5,6)19-28(2,3)4)26(36)24-31-15-14-30(7,39-31)23(27(37)38)22(31)25(35)33(24)21(18-34)17-20-12-10-9-11-13-20/h8-13,21-24,34H,1,14-19H2,2-7H3,(H,37,38)/t21-,22+,23-,24?,30+,31?/m1/s1. The van der Waals surface area contributed by atoms with E-state index in [4.69, 9.17) is 0 Å². The van der Waals surface area contributed by atoms with Crippen LogP contribution in [-0.4, -0.2) is 78.1 Å². The summed E-state index contributed by atoms with van der Waals surface area (Å²) in [6, 6.07) is 8.09. The molecule has 39 heavy (non-hydrogen) atoms. The highest BCUT2D eigenvalue weighted by molar-refractivity contribution is 8.02. The van der Waals surface area contributed by atoms with Gasteiger partial charge in [0.05, 0.1) is 29.2 Å². The van der Waals surface area contributed by atoms with Gasteiger partial charge in [-0.25, -0.2) is 0 Å². The van der Waals surface area contributed by atoms with Gasteiger partial charge in [0.2, 0.25) is 11.8 Å². The molecule has 1 spiro atoms. The van der Waals surface area contributed by atoms with Crippen LogP contribution in [-0.2, 0) is 20.8 Å². The first-order valence-corrected chi connectivity index (χ1v) is 14.8. The van der Waals surface area contributed by atoms with Crippen LogP contribution < -0.4 is 0 Å². The number of rotatable bonds is 10. The third-order valence-corrected chi connectivity index (χ3v) is 10.9. The molecule has 7 nitrogen and oxygen atoms in total. The number of carboxylic acids is 1. The molecule has 214 valence electrons. The molecule has 8 heteroatoms. The van der Waals surface area contributed by atoms with Gasteiger partial charge in [-0.1, -0.05) is 57.2 Å². The molecule has 3 saturated heterocycles. The molecule has 0 radical (unpaired) electrons. The van der Waals surface area contributed by atoms with Gasteiger partial charge >= 0.3 is 5.97 Å². The molecular weight excluding hydrogens is 512 g/mol. The second kappa shape index (κ2) is 10.3. The lowest BCUT2D eigenvalue weighted by molar-refractivity contribution is -0.151. The molecule has 1 aromatic rings. The lowest BCUT2D eigenvalue weighted by Crippen LogP contribution is -2.61. The molecule has 2 N–H and O–H groups in total. The molecule has 4 rings (SSSR count). The lowest BCUT2D eigenvalue weighted by atomic mass is 9.66.